The van der Waals surface area contributed by atoms with Crippen molar-refractivity contribution in [3.63, 3.8) is 0 Å². The summed E-state index contributed by atoms with van der Waals surface area (Å²) in [5.41, 5.74) is 1.57. The van der Waals surface area contributed by atoms with Gasteiger partial charge in [-0.3, -0.25) is 4.79 Å². The van der Waals surface area contributed by atoms with Gasteiger partial charge in [0.1, 0.15) is 6.61 Å². The predicted molar refractivity (Wildman–Crippen MR) is 89.4 cm³/mol. The molecule has 0 aliphatic rings. The van der Waals surface area contributed by atoms with Gasteiger partial charge in [0.2, 0.25) is 0 Å². The lowest BCUT2D eigenvalue weighted by atomic mass is 10.1. The minimum absolute atomic E-state index is 0.00760. The third-order valence-corrected chi connectivity index (χ3v) is 3.44. The number of Topliss-reactive ketones (excluding diaryl/α,β-unsaturated/α-hetero) is 1. The first kappa shape index (κ1) is 18.0. The zero-order chi connectivity index (χ0) is 18.2. The molecule has 0 fully saturated rings. The monoisotopic (exact) mass is 339 g/mol. The van der Waals surface area contributed by atoms with Crippen LogP contribution in [-0.4, -0.2) is 25.5 Å². The molecule has 0 spiro atoms. The van der Waals surface area contributed by atoms with Crippen molar-refractivity contribution in [2.75, 3.05) is 13.7 Å². The maximum atomic E-state index is 11.8. The van der Waals surface area contributed by atoms with Crippen molar-refractivity contribution in [3.8, 4) is 17.6 Å². The first-order valence-corrected chi connectivity index (χ1v) is 7.50. The van der Waals surface area contributed by atoms with Gasteiger partial charge in [-0.05, 0) is 31.2 Å². The van der Waals surface area contributed by atoms with Gasteiger partial charge in [0.25, 0.3) is 0 Å². The summed E-state index contributed by atoms with van der Waals surface area (Å²) in [5.74, 6) is 0.0167. The lowest BCUT2D eigenvalue weighted by Gasteiger charge is -2.11. The van der Waals surface area contributed by atoms with Gasteiger partial charge in [0.05, 0.1) is 18.7 Å². The van der Waals surface area contributed by atoms with E-state index < -0.39 is 5.97 Å². The topological polar surface area (TPSA) is 85.6 Å². The number of methoxy groups -OCH3 is 1. The van der Waals surface area contributed by atoms with E-state index in [-0.39, 0.29) is 19.0 Å². The molecule has 0 heterocycles. The maximum absolute atomic E-state index is 11.8. The van der Waals surface area contributed by atoms with Gasteiger partial charge >= 0.3 is 5.97 Å². The molecule has 128 valence electrons. The fourth-order valence-corrected chi connectivity index (χ4v) is 2.10. The number of ether oxygens (including phenoxy) is 3. The van der Waals surface area contributed by atoms with E-state index in [0.717, 1.165) is 0 Å². The van der Waals surface area contributed by atoms with Crippen molar-refractivity contribution in [2.45, 2.75) is 13.5 Å². The quantitative estimate of drug-likeness (QED) is 0.569. The lowest BCUT2D eigenvalue weighted by molar-refractivity contribution is -0.147. The Morgan fingerprint density at radius 3 is 2.56 bits per heavy atom. The number of benzene rings is 2. The molecule has 0 aliphatic heterocycles. The fraction of sp³-hybridized carbons (Fsp3) is 0.211. The summed E-state index contributed by atoms with van der Waals surface area (Å²) in [4.78, 5) is 23.2. The Kier molecular flexibility index (Phi) is 6.13. The Hall–Kier alpha value is -3.33. The Balaban J connectivity index is 1.94. The second kappa shape index (κ2) is 8.50. The summed E-state index contributed by atoms with van der Waals surface area (Å²) >= 11 is 0. The van der Waals surface area contributed by atoms with Gasteiger partial charge < -0.3 is 14.2 Å². The zero-order valence-electron chi connectivity index (χ0n) is 13.9. The second-order valence-electron chi connectivity index (χ2n) is 5.14. The number of esters is 1. The molecule has 0 atom stereocenters. The summed E-state index contributed by atoms with van der Waals surface area (Å²) < 4.78 is 15.7. The number of rotatable bonds is 7. The molecule has 0 bridgehead atoms. The number of nitriles is 1. The van der Waals surface area contributed by atoms with E-state index in [0.29, 0.717) is 28.2 Å². The molecule has 0 unspecified atom stereocenters. The molecule has 6 heteroatoms. The van der Waals surface area contributed by atoms with Crippen molar-refractivity contribution in [3.05, 3.63) is 59.2 Å². The van der Waals surface area contributed by atoms with E-state index in [4.69, 9.17) is 19.5 Å². The van der Waals surface area contributed by atoms with Crippen LogP contribution in [0.25, 0.3) is 0 Å². The predicted octanol–water partition coefficient (Wildman–Crippen LogP) is 2.89. The van der Waals surface area contributed by atoms with Gasteiger partial charge in [-0.1, -0.05) is 18.2 Å². The maximum Gasteiger partial charge on any atom is 0.344 e. The highest BCUT2D eigenvalue weighted by Crippen LogP contribution is 2.28. The van der Waals surface area contributed by atoms with Crippen LogP contribution in [0.1, 0.15) is 28.4 Å². The third kappa shape index (κ3) is 4.82. The molecule has 0 amide bonds. The highest BCUT2D eigenvalue weighted by atomic mass is 16.6. The molecule has 0 aromatic heterocycles. The number of hydrogen-bond acceptors (Lipinski definition) is 6. The SMILES string of the molecule is COc1cc(C(C)=O)ccc1OCC(=O)OCc1ccccc1C#N. The van der Waals surface area contributed by atoms with Gasteiger partial charge in [-0.25, -0.2) is 4.79 Å². The van der Waals surface area contributed by atoms with Crippen molar-refractivity contribution < 1.29 is 23.8 Å². The molecule has 6 nitrogen and oxygen atoms in total. The fourth-order valence-electron chi connectivity index (χ4n) is 2.10. The average molecular weight is 339 g/mol. The van der Waals surface area contributed by atoms with Crippen molar-refractivity contribution in [1.82, 2.24) is 0 Å². The van der Waals surface area contributed by atoms with Crippen LogP contribution in [0.15, 0.2) is 42.5 Å². The van der Waals surface area contributed by atoms with E-state index >= 15 is 0 Å². The van der Waals surface area contributed by atoms with Gasteiger partial charge in [0.15, 0.2) is 23.9 Å². The normalized spacial score (nSPS) is 9.80. The smallest absolute Gasteiger partial charge is 0.344 e. The number of hydrogen-bond donors (Lipinski definition) is 0. The van der Waals surface area contributed by atoms with Crippen LogP contribution < -0.4 is 9.47 Å². The van der Waals surface area contributed by atoms with Crippen LogP contribution in [0.2, 0.25) is 0 Å². The summed E-state index contributed by atoms with van der Waals surface area (Å²) in [6, 6.07) is 13.6. The van der Waals surface area contributed by atoms with E-state index in [2.05, 4.69) is 0 Å². The first-order valence-electron chi connectivity index (χ1n) is 7.50. The van der Waals surface area contributed by atoms with E-state index in [1.54, 1.807) is 42.5 Å². The standard InChI is InChI=1S/C19H17NO5/c1-13(21)14-7-8-17(18(9-14)23-2)24-12-19(22)25-11-16-6-4-3-5-15(16)10-20/h3-9H,11-12H2,1-2H3. The van der Waals surface area contributed by atoms with Crippen molar-refractivity contribution in [1.29, 1.82) is 5.26 Å². The third-order valence-electron chi connectivity index (χ3n) is 3.44. The minimum Gasteiger partial charge on any atom is -0.493 e. The van der Waals surface area contributed by atoms with Crippen LogP contribution in [0, 0.1) is 11.3 Å². The number of carbonyl (C=O) groups is 2. The minimum atomic E-state index is -0.578. The molecule has 0 radical (unpaired) electrons. The summed E-state index contributed by atoms with van der Waals surface area (Å²) in [7, 11) is 1.45. The Morgan fingerprint density at radius 1 is 1.12 bits per heavy atom. The van der Waals surface area contributed by atoms with Crippen LogP contribution in [-0.2, 0) is 16.1 Å². The second-order valence-corrected chi connectivity index (χ2v) is 5.14. The number of nitrogens with zero attached hydrogens (tertiary/aromatic N) is 1. The number of carbonyl (C=O) groups excluding carboxylic acids is 2. The summed E-state index contributed by atoms with van der Waals surface area (Å²) in [6.07, 6.45) is 0. The molecule has 2 aromatic carbocycles. The van der Waals surface area contributed by atoms with Crippen LogP contribution >= 0.6 is 0 Å². The highest BCUT2D eigenvalue weighted by Gasteiger charge is 2.12. The first-order chi connectivity index (χ1) is 12.0. The van der Waals surface area contributed by atoms with Gasteiger partial charge in [0, 0.05) is 11.1 Å². The molecule has 0 N–H and O–H groups in total. The molecule has 0 saturated heterocycles. The molecule has 0 saturated carbocycles. The number of ketones is 1. The van der Waals surface area contributed by atoms with Gasteiger partial charge in [-0.15, -0.1) is 0 Å². The molecule has 25 heavy (non-hydrogen) atoms. The van der Waals surface area contributed by atoms with Crippen LogP contribution in [0.4, 0.5) is 0 Å². The molecular formula is C19H17NO5. The summed E-state index contributed by atoms with van der Waals surface area (Å²) in [5, 5.41) is 9.00. The highest BCUT2D eigenvalue weighted by molar-refractivity contribution is 5.94. The van der Waals surface area contributed by atoms with Crippen LogP contribution in [0.5, 0.6) is 11.5 Å². The van der Waals surface area contributed by atoms with Crippen molar-refractivity contribution in [2.24, 2.45) is 0 Å². The van der Waals surface area contributed by atoms with Crippen molar-refractivity contribution >= 4 is 11.8 Å². The Labute approximate surface area is 145 Å². The Morgan fingerprint density at radius 2 is 1.88 bits per heavy atom. The van der Waals surface area contributed by atoms with E-state index in [9.17, 15) is 9.59 Å². The van der Waals surface area contributed by atoms with Crippen LogP contribution in [0.3, 0.4) is 0 Å². The van der Waals surface area contributed by atoms with E-state index in [1.807, 2.05) is 6.07 Å². The largest absolute Gasteiger partial charge is 0.493 e. The zero-order valence-corrected chi connectivity index (χ0v) is 13.9. The lowest BCUT2D eigenvalue weighted by Crippen LogP contribution is -2.15. The van der Waals surface area contributed by atoms with E-state index in [1.165, 1.54) is 14.0 Å². The molecule has 2 aromatic rings. The van der Waals surface area contributed by atoms with Gasteiger partial charge in [-0.2, -0.15) is 5.26 Å². The summed E-state index contributed by atoms with van der Waals surface area (Å²) in [6.45, 7) is 1.13. The molecular weight excluding hydrogens is 322 g/mol. The molecule has 2 rings (SSSR count). The average Bonchev–Trinajstić information content (AvgIpc) is 2.64. The Bertz CT molecular complexity index is 823. The molecule has 0 aliphatic carbocycles.